The summed E-state index contributed by atoms with van der Waals surface area (Å²) in [5.74, 6) is -0.645. The Morgan fingerprint density at radius 2 is 1.74 bits per heavy atom. The van der Waals surface area contributed by atoms with Crippen LogP contribution in [0.5, 0.6) is 0 Å². The van der Waals surface area contributed by atoms with E-state index in [1.165, 1.54) is 0 Å². The summed E-state index contributed by atoms with van der Waals surface area (Å²) in [5.41, 5.74) is 4.33. The number of amides is 3. The van der Waals surface area contributed by atoms with Gasteiger partial charge in [-0.15, -0.1) is 0 Å². The highest BCUT2D eigenvalue weighted by atomic mass is 32.2. The molecular formula is C23H20N4O3S. The van der Waals surface area contributed by atoms with Crippen molar-refractivity contribution in [1.82, 2.24) is 20.2 Å². The van der Waals surface area contributed by atoms with Gasteiger partial charge < -0.3 is 5.32 Å². The van der Waals surface area contributed by atoms with Crippen molar-refractivity contribution in [3.8, 4) is 0 Å². The summed E-state index contributed by atoms with van der Waals surface area (Å²) in [7, 11) is 0. The molecule has 0 atom stereocenters. The Hall–Kier alpha value is -3.52. The topological polar surface area (TPSA) is 92.3 Å². The molecule has 31 heavy (non-hydrogen) atoms. The van der Waals surface area contributed by atoms with Crippen LogP contribution in [0.2, 0.25) is 0 Å². The predicted molar refractivity (Wildman–Crippen MR) is 120 cm³/mol. The summed E-state index contributed by atoms with van der Waals surface area (Å²) in [5, 5.41) is 2.42. The molecule has 156 valence electrons. The Morgan fingerprint density at radius 3 is 2.48 bits per heavy atom. The molecule has 0 saturated carbocycles. The van der Waals surface area contributed by atoms with Crippen LogP contribution in [-0.2, 0) is 4.79 Å². The number of thioether (sulfide) groups is 1. The van der Waals surface area contributed by atoms with E-state index in [9.17, 15) is 14.4 Å². The Balaban J connectivity index is 1.39. The number of aryl methyl sites for hydroxylation is 2. The minimum atomic E-state index is -0.347. The van der Waals surface area contributed by atoms with Crippen molar-refractivity contribution in [2.45, 2.75) is 13.8 Å². The van der Waals surface area contributed by atoms with E-state index in [-0.39, 0.29) is 30.1 Å². The summed E-state index contributed by atoms with van der Waals surface area (Å²) in [6.45, 7) is 4.03. The molecule has 1 aliphatic rings. The minimum absolute atomic E-state index is 0.105. The van der Waals surface area contributed by atoms with Crippen LogP contribution in [-0.4, -0.2) is 45.0 Å². The van der Waals surface area contributed by atoms with Crippen LogP contribution < -0.4 is 5.32 Å². The summed E-state index contributed by atoms with van der Waals surface area (Å²) >= 11 is 0.906. The molecule has 2 aromatic carbocycles. The maximum atomic E-state index is 12.6. The number of hydrogen-bond acceptors (Lipinski definition) is 6. The van der Waals surface area contributed by atoms with Crippen molar-refractivity contribution >= 4 is 45.9 Å². The van der Waals surface area contributed by atoms with E-state index in [1.54, 1.807) is 24.3 Å². The Morgan fingerprint density at radius 1 is 1.03 bits per heavy atom. The van der Waals surface area contributed by atoms with Gasteiger partial charge in [-0.1, -0.05) is 30.3 Å². The normalized spacial score (nSPS) is 15.2. The third-order valence-electron chi connectivity index (χ3n) is 4.93. The smallest absolute Gasteiger partial charge is 0.293 e. The van der Waals surface area contributed by atoms with E-state index in [1.807, 2.05) is 44.2 Å². The lowest BCUT2D eigenvalue weighted by Crippen LogP contribution is -2.37. The van der Waals surface area contributed by atoms with Gasteiger partial charge in [0.25, 0.3) is 17.1 Å². The average molecular weight is 433 g/mol. The largest absolute Gasteiger partial charge is 0.350 e. The first-order valence-electron chi connectivity index (χ1n) is 9.76. The van der Waals surface area contributed by atoms with Crippen molar-refractivity contribution in [3.05, 3.63) is 76.0 Å². The molecule has 0 aliphatic carbocycles. The van der Waals surface area contributed by atoms with Gasteiger partial charge >= 0.3 is 0 Å². The van der Waals surface area contributed by atoms with E-state index < -0.39 is 0 Å². The quantitative estimate of drug-likeness (QED) is 0.618. The Kier molecular flexibility index (Phi) is 5.81. The third kappa shape index (κ3) is 4.49. The van der Waals surface area contributed by atoms with E-state index in [0.717, 1.165) is 39.1 Å². The lowest BCUT2D eigenvalue weighted by Gasteiger charge is -2.13. The Labute approximate surface area is 183 Å². The molecule has 0 unspecified atom stereocenters. The fourth-order valence-electron chi connectivity index (χ4n) is 3.15. The third-order valence-corrected chi connectivity index (χ3v) is 5.84. The molecule has 0 bridgehead atoms. The van der Waals surface area contributed by atoms with Gasteiger partial charge in [0, 0.05) is 18.7 Å². The number of carbonyl (C=O) groups is 3. The molecule has 1 fully saturated rings. The number of hydrogen-bond donors (Lipinski definition) is 1. The van der Waals surface area contributed by atoms with Gasteiger partial charge in [-0.3, -0.25) is 19.3 Å². The van der Waals surface area contributed by atoms with E-state index in [0.29, 0.717) is 16.0 Å². The highest BCUT2D eigenvalue weighted by Crippen LogP contribution is 2.31. The number of fused-ring (bicyclic) bond motifs is 1. The molecule has 1 saturated heterocycles. The van der Waals surface area contributed by atoms with Gasteiger partial charge in [-0.2, -0.15) is 0 Å². The zero-order chi connectivity index (χ0) is 22.0. The van der Waals surface area contributed by atoms with Crippen molar-refractivity contribution in [2.75, 3.05) is 13.1 Å². The first-order chi connectivity index (χ1) is 14.9. The Bertz CT molecular complexity index is 1220. The van der Waals surface area contributed by atoms with E-state index in [4.69, 9.17) is 0 Å². The van der Waals surface area contributed by atoms with Crippen molar-refractivity contribution < 1.29 is 14.4 Å². The molecule has 1 aromatic heterocycles. The lowest BCUT2D eigenvalue weighted by atomic mass is 10.1. The fourth-order valence-corrected chi connectivity index (χ4v) is 4.01. The maximum Gasteiger partial charge on any atom is 0.293 e. The molecule has 3 amide bonds. The van der Waals surface area contributed by atoms with E-state index >= 15 is 0 Å². The second kappa shape index (κ2) is 8.69. The number of imide groups is 1. The van der Waals surface area contributed by atoms with Crippen molar-refractivity contribution in [3.63, 3.8) is 0 Å². The van der Waals surface area contributed by atoms with Crippen LogP contribution in [0.3, 0.4) is 0 Å². The van der Waals surface area contributed by atoms with Crippen molar-refractivity contribution in [2.24, 2.45) is 0 Å². The SMILES string of the molecule is Cc1nc2ccc(C(=O)NCCN3C(=O)S/C(=C\c4ccccc4)C3=O)cc2nc1C. The zero-order valence-corrected chi connectivity index (χ0v) is 17.9. The first-order valence-corrected chi connectivity index (χ1v) is 10.6. The fraction of sp³-hybridized carbons (Fsp3) is 0.174. The van der Waals surface area contributed by atoms with Gasteiger partial charge in [0.05, 0.1) is 27.3 Å². The number of rotatable bonds is 5. The van der Waals surface area contributed by atoms with Crippen LogP contribution in [0.4, 0.5) is 4.79 Å². The van der Waals surface area contributed by atoms with Gasteiger partial charge in [-0.05, 0) is 55.4 Å². The predicted octanol–water partition coefficient (Wildman–Crippen LogP) is 3.71. The summed E-state index contributed by atoms with van der Waals surface area (Å²) in [4.78, 5) is 47.8. The molecule has 3 aromatic rings. The lowest BCUT2D eigenvalue weighted by molar-refractivity contribution is -0.122. The second-order valence-corrected chi connectivity index (χ2v) is 8.09. The van der Waals surface area contributed by atoms with Crippen LogP contribution in [0, 0.1) is 13.8 Å². The number of nitrogens with zero attached hydrogens (tertiary/aromatic N) is 3. The molecule has 8 heteroatoms. The number of benzene rings is 2. The van der Waals surface area contributed by atoms with E-state index in [2.05, 4.69) is 15.3 Å². The van der Waals surface area contributed by atoms with Gasteiger partial charge in [0.2, 0.25) is 0 Å². The van der Waals surface area contributed by atoms with Gasteiger partial charge in [0.1, 0.15) is 0 Å². The summed E-state index contributed by atoms with van der Waals surface area (Å²) in [6, 6.07) is 14.5. The monoisotopic (exact) mass is 432 g/mol. The highest BCUT2D eigenvalue weighted by Gasteiger charge is 2.34. The molecule has 1 aliphatic heterocycles. The van der Waals surface area contributed by atoms with Crippen LogP contribution in [0.15, 0.2) is 53.4 Å². The number of nitrogens with one attached hydrogen (secondary N) is 1. The molecule has 4 rings (SSSR count). The number of carbonyl (C=O) groups excluding carboxylic acids is 3. The first kappa shape index (κ1) is 20.7. The molecule has 7 nitrogen and oxygen atoms in total. The van der Waals surface area contributed by atoms with Gasteiger partial charge in [-0.25, -0.2) is 9.97 Å². The molecule has 2 heterocycles. The summed E-state index contributed by atoms with van der Waals surface area (Å²) < 4.78 is 0. The average Bonchev–Trinajstić information content (AvgIpc) is 3.02. The number of aromatic nitrogens is 2. The van der Waals surface area contributed by atoms with Crippen molar-refractivity contribution in [1.29, 1.82) is 0 Å². The van der Waals surface area contributed by atoms with Gasteiger partial charge in [0.15, 0.2) is 0 Å². The van der Waals surface area contributed by atoms with Crippen LogP contribution in [0.1, 0.15) is 27.3 Å². The maximum absolute atomic E-state index is 12.6. The molecule has 1 N–H and O–H groups in total. The minimum Gasteiger partial charge on any atom is -0.350 e. The van der Waals surface area contributed by atoms with Crippen LogP contribution >= 0.6 is 11.8 Å². The standard InChI is InChI=1S/C23H20N4O3S/c1-14-15(2)26-19-13-17(8-9-18(19)25-14)21(28)24-10-11-27-22(29)20(31-23(27)30)12-16-6-4-3-5-7-16/h3-9,12-13H,10-11H2,1-2H3,(H,24,28)/b20-12-. The zero-order valence-electron chi connectivity index (χ0n) is 17.1. The molecular weight excluding hydrogens is 412 g/mol. The highest BCUT2D eigenvalue weighted by molar-refractivity contribution is 8.18. The molecule has 0 spiro atoms. The summed E-state index contributed by atoms with van der Waals surface area (Å²) in [6.07, 6.45) is 1.70. The second-order valence-electron chi connectivity index (χ2n) is 7.10. The molecule has 0 radical (unpaired) electrons. The van der Waals surface area contributed by atoms with Crippen LogP contribution in [0.25, 0.3) is 17.1 Å².